The summed E-state index contributed by atoms with van der Waals surface area (Å²) in [5, 5.41) is 12.4. The Bertz CT molecular complexity index is 397. The van der Waals surface area contributed by atoms with Gasteiger partial charge in [0.2, 0.25) is 0 Å². The maximum Gasteiger partial charge on any atom is 0.130 e. The van der Waals surface area contributed by atoms with Gasteiger partial charge in [0.25, 0.3) is 0 Å². The SMILES string of the molecule is CCCNc1ncccc1CN1CCCC1CCCO. The molecule has 0 bridgehead atoms. The largest absolute Gasteiger partial charge is 0.396 e. The number of pyridine rings is 1. The van der Waals surface area contributed by atoms with Crippen molar-refractivity contribution in [3.8, 4) is 0 Å². The van der Waals surface area contributed by atoms with Crippen molar-refractivity contribution in [3.05, 3.63) is 23.9 Å². The van der Waals surface area contributed by atoms with Crippen LogP contribution in [-0.2, 0) is 6.54 Å². The minimum absolute atomic E-state index is 0.306. The van der Waals surface area contributed by atoms with Crippen LogP contribution in [0.25, 0.3) is 0 Å². The lowest BCUT2D eigenvalue weighted by Gasteiger charge is -2.25. The summed E-state index contributed by atoms with van der Waals surface area (Å²) in [7, 11) is 0. The number of nitrogens with zero attached hydrogens (tertiary/aromatic N) is 2. The van der Waals surface area contributed by atoms with Crippen molar-refractivity contribution in [2.24, 2.45) is 0 Å². The fourth-order valence-corrected chi connectivity index (χ4v) is 2.94. The Morgan fingerprint density at radius 2 is 2.40 bits per heavy atom. The summed E-state index contributed by atoms with van der Waals surface area (Å²) in [5.41, 5.74) is 1.29. The number of aromatic nitrogens is 1. The van der Waals surface area contributed by atoms with Crippen LogP contribution in [0.15, 0.2) is 18.3 Å². The summed E-state index contributed by atoms with van der Waals surface area (Å²) < 4.78 is 0. The number of rotatable bonds is 8. The number of hydrogen-bond acceptors (Lipinski definition) is 4. The van der Waals surface area contributed by atoms with Crippen molar-refractivity contribution in [2.45, 2.75) is 51.6 Å². The Morgan fingerprint density at radius 3 is 3.20 bits per heavy atom. The summed E-state index contributed by atoms with van der Waals surface area (Å²) in [6, 6.07) is 4.82. The van der Waals surface area contributed by atoms with E-state index >= 15 is 0 Å². The van der Waals surface area contributed by atoms with Crippen LogP contribution in [0.1, 0.15) is 44.6 Å². The average molecular weight is 277 g/mol. The topological polar surface area (TPSA) is 48.4 Å². The van der Waals surface area contributed by atoms with E-state index in [2.05, 4.69) is 28.2 Å². The molecule has 0 amide bonds. The van der Waals surface area contributed by atoms with E-state index in [-0.39, 0.29) is 0 Å². The highest BCUT2D eigenvalue weighted by Gasteiger charge is 2.24. The molecule has 1 unspecified atom stereocenters. The first-order valence-electron chi connectivity index (χ1n) is 7.87. The van der Waals surface area contributed by atoms with Crippen LogP contribution < -0.4 is 5.32 Å². The average Bonchev–Trinajstić information content (AvgIpc) is 2.91. The molecule has 1 aromatic heterocycles. The molecule has 2 heterocycles. The molecule has 1 aromatic rings. The maximum absolute atomic E-state index is 9.01. The van der Waals surface area contributed by atoms with E-state index < -0.39 is 0 Å². The first kappa shape index (κ1) is 15.3. The molecule has 1 aliphatic rings. The highest BCUT2D eigenvalue weighted by molar-refractivity contribution is 5.43. The van der Waals surface area contributed by atoms with Gasteiger partial charge in [0.05, 0.1) is 0 Å². The van der Waals surface area contributed by atoms with E-state index in [1.165, 1.54) is 18.4 Å². The van der Waals surface area contributed by atoms with Gasteiger partial charge in [0.15, 0.2) is 0 Å². The van der Waals surface area contributed by atoms with Crippen LogP contribution in [0.4, 0.5) is 5.82 Å². The zero-order valence-electron chi connectivity index (χ0n) is 12.5. The van der Waals surface area contributed by atoms with Crippen LogP contribution in [0.5, 0.6) is 0 Å². The van der Waals surface area contributed by atoms with Crippen LogP contribution in [0.3, 0.4) is 0 Å². The number of nitrogens with one attached hydrogen (secondary N) is 1. The number of hydrogen-bond donors (Lipinski definition) is 2. The van der Waals surface area contributed by atoms with E-state index in [4.69, 9.17) is 5.11 Å². The summed E-state index contributed by atoms with van der Waals surface area (Å²) >= 11 is 0. The number of anilines is 1. The molecular weight excluding hydrogens is 250 g/mol. The summed E-state index contributed by atoms with van der Waals surface area (Å²) in [5.74, 6) is 1.03. The summed E-state index contributed by atoms with van der Waals surface area (Å²) in [6.07, 6.45) is 7.52. The second-order valence-corrected chi connectivity index (χ2v) is 5.57. The molecule has 0 radical (unpaired) electrons. The van der Waals surface area contributed by atoms with E-state index in [9.17, 15) is 0 Å². The number of aliphatic hydroxyl groups excluding tert-OH is 1. The quantitative estimate of drug-likeness (QED) is 0.767. The van der Waals surface area contributed by atoms with Crippen molar-refractivity contribution < 1.29 is 5.11 Å². The van der Waals surface area contributed by atoms with Gasteiger partial charge in [-0.05, 0) is 44.7 Å². The molecule has 1 fully saturated rings. The predicted molar refractivity (Wildman–Crippen MR) is 82.8 cm³/mol. The van der Waals surface area contributed by atoms with Crippen molar-refractivity contribution in [1.82, 2.24) is 9.88 Å². The molecule has 2 N–H and O–H groups in total. The van der Waals surface area contributed by atoms with E-state index in [1.807, 2.05) is 12.3 Å². The zero-order valence-corrected chi connectivity index (χ0v) is 12.5. The molecule has 4 nitrogen and oxygen atoms in total. The maximum atomic E-state index is 9.01. The lowest BCUT2D eigenvalue weighted by Crippen LogP contribution is -2.29. The Hall–Kier alpha value is -1.13. The third kappa shape index (κ3) is 4.18. The third-order valence-electron chi connectivity index (χ3n) is 4.00. The standard InChI is InChI=1S/C16H27N3O/c1-2-9-17-16-14(6-3-10-18-16)13-19-11-4-7-15(19)8-5-12-20/h3,6,10,15,20H,2,4-5,7-9,11-13H2,1H3,(H,17,18). The lowest BCUT2D eigenvalue weighted by atomic mass is 10.1. The van der Waals surface area contributed by atoms with Crippen LogP contribution in [0.2, 0.25) is 0 Å². The normalized spacial score (nSPS) is 19.4. The Kier molecular flexibility index (Phi) is 6.27. The molecule has 20 heavy (non-hydrogen) atoms. The van der Waals surface area contributed by atoms with Crippen molar-refractivity contribution in [3.63, 3.8) is 0 Å². The zero-order chi connectivity index (χ0) is 14.2. The van der Waals surface area contributed by atoms with E-state index in [0.717, 1.165) is 44.7 Å². The highest BCUT2D eigenvalue weighted by atomic mass is 16.2. The van der Waals surface area contributed by atoms with Gasteiger partial charge in [-0.2, -0.15) is 0 Å². The second kappa shape index (κ2) is 8.22. The minimum Gasteiger partial charge on any atom is -0.396 e. The van der Waals surface area contributed by atoms with Gasteiger partial charge in [-0.1, -0.05) is 13.0 Å². The molecule has 0 aromatic carbocycles. The first-order valence-corrected chi connectivity index (χ1v) is 7.87. The molecule has 4 heteroatoms. The van der Waals surface area contributed by atoms with Gasteiger partial charge < -0.3 is 10.4 Å². The third-order valence-corrected chi connectivity index (χ3v) is 4.00. The molecule has 1 atom stereocenters. The predicted octanol–water partition coefficient (Wildman–Crippen LogP) is 2.64. The lowest BCUT2D eigenvalue weighted by molar-refractivity contribution is 0.210. The highest BCUT2D eigenvalue weighted by Crippen LogP contribution is 2.25. The molecule has 0 saturated carbocycles. The molecule has 0 spiro atoms. The van der Waals surface area contributed by atoms with Crippen molar-refractivity contribution >= 4 is 5.82 Å². The van der Waals surface area contributed by atoms with Crippen LogP contribution >= 0.6 is 0 Å². The van der Waals surface area contributed by atoms with Crippen molar-refractivity contribution in [1.29, 1.82) is 0 Å². The van der Waals surface area contributed by atoms with Gasteiger partial charge in [-0.15, -0.1) is 0 Å². The van der Waals surface area contributed by atoms with Gasteiger partial charge in [0, 0.05) is 37.5 Å². The second-order valence-electron chi connectivity index (χ2n) is 5.57. The number of aliphatic hydroxyl groups is 1. The molecule has 1 saturated heterocycles. The summed E-state index contributed by atoms with van der Waals surface area (Å²) in [4.78, 5) is 7.01. The molecule has 112 valence electrons. The Labute approximate surface area is 122 Å². The van der Waals surface area contributed by atoms with Crippen LogP contribution in [-0.4, -0.2) is 40.7 Å². The van der Waals surface area contributed by atoms with Crippen LogP contribution in [0, 0.1) is 0 Å². The van der Waals surface area contributed by atoms with Gasteiger partial charge in [-0.25, -0.2) is 4.98 Å². The molecule has 2 rings (SSSR count). The van der Waals surface area contributed by atoms with E-state index in [1.54, 1.807) is 0 Å². The Morgan fingerprint density at radius 1 is 1.50 bits per heavy atom. The Balaban J connectivity index is 1.97. The van der Waals surface area contributed by atoms with Gasteiger partial charge >= 0.3 is 0 Å². The first-order chi connectivity index (χ1) is 9.85. The minimum atomic E-state index is 0.306. The number of likely N-dealkylation sites (tertiary alicyclic amines) is 1. The molecular formula is C16H27N3O. The van der Waals surface area contributed by atoms with Crippen molar-refractivity contribution in [2.75, 3.05) is 25.0 Å². The molecule has 0 aliphatic carbocycles. The smallest absolute Gasteiger partial charge is 0.130 e. The van der Waals surface area contributed by atoms with Gasteiger partial charge in [-0.3, -0.25) is 4.90 Å². The summed E-state index contributed by atoms with van der Waals surface area (Å²) in [6.45, 7) is 5.58. The van der Waals surface area contributed by atoms with Gasteiger partial charge in [0.1, 0.15) is 5.82 Å². The molecule has 1 aliphatic heterocycles. The fraction of sp³-hybridized carbons (Fsp3) is 0.688. The monoisotopic (exact) mass is 277 g/mol. The van der Waals surface area contributed by atoms with E-state index in [0.29, 0.717) is 12.6 Å². The fourth-order valence-electron chi connectivity index (χ4n) is 2.94.